The number of hydrogen-bond donors (Lipinski definition) is 0. The predicted molar refractivity (Wildman–Crippen MR) is 112 cm³/mol. The van der Waals surface area contributed by atoms with E-state index in [1.54, 1.807) is 11.8 Å². The Bertz CT molecular complexity index is 987. The molecule has 1 unspecified atom stereocenters. The normalized spacial score (nSPS) is 16.4. The molecule has 1 aliphatic heterocycles. The van der Waals surface area contributed by atoms with Crippen molar-refractivity contribution in [3.05, 3.63) is 60.0 Å². The first-order chi connectivity index (χ1) is 14.2. The molecule has 0 N–H and O–H groups in total. The molecule has 7 heteroatoms. The smallest absolute Gasteiger partial charge is 0.232 e. The average molecular weight is 410 g/mol. The topological polar surface area (TPSA) is 68.5 Å². The van der Waals surface area contributed by atoms with Gasteiger partial charge in [0.05, 0.1) is 12.5 Å². The summed E-state index contributed by atoms with van der Waals surface area (Å²) < 4.78 is 11.0. The van der Waals surface area contributed by atoms with E-state index in [-0.39, 0.29) is 11.8 Å². The maximum absolute atomic E-state index is 12.5. The van der Waals surface area contributed by atoms with Crippen molar-refractivity contribution in [2.45, 2.75) is 30.7 Å². The highest BCUT2D eigenvalue weighted by Crippen LogP contribution is 2.30. The van der Waals surface area contributed by atoms with E-state index >= 15 is 0 Å². The first-order valence-corrected chi connectivity index (χ1v) is 10.9. The number of likely N-dealkylation sites (tertiary alicyclic amines) is 1. The second-order valence-corrected chi connectivity index (χ2v) is 7.82. The molecule has 4 rings (SSSR count). The van der Waals surface area contributed by atoms with Gasteiger partial charge < -0.3 is 14.2 Å². The van der Waals surface area contributed by atoms with Crippen molar-refractivity contribution < 1.29 is 14.1 Å². The summed E-state index contributed by atoms with van der Waals surface area (Å²) in [6.45, 7) is 3.70. The largest absolute Gasteiger partial charge is 0.494 e. The molecular weight excluding hydrogens is 386 g/mol. The number of carbonyl (C=O) groups is 1. The van der Waals surface area contributed by atoms with Crippen LogP contribution in [0.25, 0.3) is 11.4 Å². The molecule has 150 valence electrons. The fourth-order valence-electron chi connectivity index (χ4n) is 3.47. The highest BCUT2D eigenvalue weighted by molar-refractivity contribution is 7.98. The molecule has 0 bridgehead atoms. The predicted octanol–water partition coefficient (Wildman–Crippen LogP) is 4.37. The van der Waals surface area contributed by atoms with Crippen LogP contribution in [0.1, 0.15) is 30.7 Å². The lowest BCUT2D eigenvalue weighted by molar-refractivity contribution is -0.128. The summed E-state index contributed by atoms with van der Waals surface area (Å²) in [7, 11) is 0. The van der Waals surface area contributed by atoms with Crippen molar-refractivity contribution in [3.8, 4) is 17.1 Å². The lowest BCUT2D eigenvalue weighted by Gasteiger charge is -2.16. The number of amides is 1. The van der Waals surface area contributed by atoms with Gasteiger partial charge in [0.2, 0.25) is 17.6 Å². The summed E-state index contributed by atoms with van der Waals surface area (Å²) in [4.78, 5) is 20.1. The highest BCUT2D eigenvalue weighted by Gasteiger charge is 2.34. The fourth-order valence-corrected chi connectivity index (χ4v) is 3.88. The summed E-state index contributed by atoms with van der Waals surface area (Å²) in [6, 6.07) is 15.9. The molecule has 1 amide bonds. The van der Waals surface area contributed by atoms with E-state index in [2.05, 4.69) is 10.1 Å². The average Bonchev–Trinajstić information content (AvgIpc) is 3.36. The van der Waals surface area contributed by atoms with Gasteiger partial charge in [-0.15, -0.1) is 11.8 Å². The number of aromatic nitrogens is 2. The summed E-state index contributed by atoms with van der Waals surface area (Å²) in [6.07, 6.45) is 2.43. The van der Waals surface area contributed by atoms with Crippen LogP contribution in [0.2, 0.25) is 0 Å². The van der Waals surface area contributed by atoms with Crippen molar-refractivity contribution in [2.24, 2.45) is 0 Å². The quantitative estimate of drug-likeness (QED) is 0.540. The zero-order valence-electron chi connectivity index (χ0n) is 16.5. The lowest BCUT2D eigenvalue weighted by Crippen LogP contribution is -2.24. The summed E-state index contributed by atoms with van der Waals surface area (Å²) in [5.41, 5.74) is 1.96. The highest BCUT2D eigenvalue weighted by atomic mass is 32.2. The van der Waals surface area contributed by atoms with Gasteiger partial charge in [-0.25, -0.2) is 0 Å². The Hall–Kier alpha value is -2.80. The molecule has 0 radical (unpaired) electrons. The third kappa shape index (κ3) is 4.45. The number of thioether (sulfide) groups is 1. The van der Waals surface area contributed by atoms with E-state index in [1.165, 1.54) is 4.90 Å². The monoisotopic (exact) mass is 409 g/mol. The molecule has 6 nitrogen and oxygen atoms in total. The minimum atomic E-state index is -0.0794. The molecule has 1 aliphatic rings. The first kappa shape index (κ1) is 19.5. The van der Waals surface area contributed by atoms with Crippen LogP contribution in [-0.4, -0.2) is 40.4 Å². The maximum atomic E-state index is 12.5. The van der Waals surface area contributed by atoms with E-state index in [0.717, 1.165) is 16.9 Å². The van der Waals surface area contributed by atoms with Crippen molar-refractivity contribution in [1.82, 2.24) is 15.0 Å². The Morgan fingerprint density at radius 3 is 2.83 bits per heavy atom. The summed E-state index contributed by atoms with van der Waals surface area (Å²) in [5.74, 6) is 1.92. The third-order valence-electron chi connectivity index (χ3n) is 4.94. The van der Waals surface area contributed by atoms with Gasteiger partial charge in [0, 0.05) is 30.0 Å². The molecule has 1 fully saturated rings. The van der Waals surface area contributed by atoms with Gasteiger partial charge in [-0.1, -0.05) is 17.3 Å². The van der Waals surface area contributed by atoms with Crippen LogP contribution in [0.3, 0.4) is 0 Å². The Morgan fingerprint density at radius 1 is 1.24 bits per heavy atom. The second-order valence-electron chi connectivity index (χ2n) is 6.94. The van der Waals surface area contributed by atoms with Crippen LogP contribution in [0.15, 0.2) is 57.9 Å². The van der Waals surface area contributed by atoms with Gasteiger partial charge in [0.1, 0.15) is 5.75 Å². The van der Waals surface area contributed by atoms with Crippen molar-refractivity contribution in [1.29, 1.82) is 0 Å². The number of ether oxygens (including phenoxy) is 1. The molecule has 29 heavy (non-hydrogen) atoms. The Morgan fingerprint density at radius 2 is 2.07 bits per heavy atom. The van der Waals surface area contributed by atoms with E-state index in [0.29, 0.717) is 37.8 Å². The van der Waals surface area contributed by atoms with Crippen LogP contribution < -0.4 is 4.74 Å². The standard InChI is InChI=1S/C22H23N3O3S/c1-3-27-18-6-4-5-15(11-18)13-25-14-17(12-20(25)26)22-23-21(24-28-22)16-7-9-19(29-2)10-8-16/h4-11,17H,3,12-14H2,1-2H3. The number of carbonyl (C=O) groups excluding carboxylic acids is 1. The van der Waals surface area contributed by atoms with Crippen LogP contribution in [0, 0.1) is 0 Å². The van der Waals surface area contributed by atoms with Crippen molar-refractivity contribution in [3.63, 3.8) is 0 Å². The minimum Gasteiger partial charge on any atom is -0.494 e. The molecule has 1 saturated heterocycles. The molecule has 2 aromatic carbocycles. The van der Waals surface area contributed by atoms with Crippen LogP contribution in [0.5, 0.6) is 5.75 Å². The molecule has 0 spiro atoms. The van der Waals surface area contributed by atoms with Crippen LogP contribution >= 0.6 is 11.8 Å². The van der Waals surface area contributed by atoms with Gasteiger partial charge >= 0.3 is 0 Å². The Kier molecular flexibility index (Phi) is 5.85. The number of nitrogens with zero attached hydrogens (tertiary/aromatic N) is 3. The van der Waals surface area contributed by atoms with Gasteiger partial charge in [0.25, 0.3) is 0 Å². The molecule has 2 heterocycles. The summed E-state index contributed by atoms with van der Waals surface area (Å²) >= 11 is 1.69. The Labute approximate surface area is 174 Å². The Balaban J connectivity index is 1.44. The molecule has 1 atom stereocenters. The summed E-state index contributed by atoms with van der Waals surface area (Å²) in [5, 5.41) is 4.11. The number of rotatable bonds is 7. The van der Waals surface area contributed by atoms with Crippen molar-refractivity contribution >= 4 is 17.7 Å². The zero-order valence-corrected chi connectivity index (χ0v) is 17.3. The van der Waals surface area contributed by atoms with Crippen LogP contribution in [0.4, 0.5) is 0 Å². The van der Waals surface area contributed by atoms with Crippen LogP contribution in [-0.2, 0) is 11.3 Å². The SMILES string of the molecule is CCOc1cccc(CN2CC(c3nc(-c4ccc(SC)cc4)no3)CC2=O)c1. The number of hydrogen-bond acceptors (Lipinski definition) is 6. The fraction of sp³-hybridized carbons (Fsp3) is 0.318. The zero-order chi connectivity index (χ0) is 20.2. The lowest BCUT2D eigenvalue weighted by atomic mass is 10.1. The molecule has 0 aliphatic carbocycles. The molecule has 3 aromatic rings. The van der Waals surface area contributed by atoms with E-state index in [4.69, 9.17) is 9.26 Å². The number of benzene rings is 2. The van der Waals surface area contributed by atoms with Gasteiger partial charge in [-0.2, -0.15) is 4.98 Å². The van der Waals surface area contributed by atoms with Gasteiger partial charge in [-0.05, 0) is 55.1 Å². The van der Waals surface area contributed by atoms with Gasteiger partial charge in [0.15, 0.2) is 0 Å². The molecule has 1 aromatic heterocycles. The second kappa shape index (κ2) is 8.69. The van der Waals surface area contributed by atoms with E-state index in [9.17, 15) is 4.79 Å². The molecular formula is C22H23N3O3S. The third-order valence-corrected chi connectivity index (χ3v) is 5.68. The van der Waals surface area contributed by atoms with E-state index in [1.807, 2.05) is 66.6 Å². The molecule has 0 saturated carbocycles. The van der Waals surface area contributed by atoms with E-state index < -0.39 is 0 Å². The van der Waals surface area contributed by atoms with Gasteiger partial charge in [-0.3, -0.25) is 4.79 Å². The van der Waals surface area contributed by atoms with Crippen molar-refractivity contribution in [2.75, 3.05) is 19.4 Å². The first-order valence-electron chi connectivity index (χ1n) is 9.63. The maximum Gasteiger partial charge on any atom is 0.232 e. The minimum absolute atomic E-state index is 0.0794.